The first-order chi connectivity index (χ1) is 9.18. The van der Waals surface area contributed by atoms with Crippen molar-refractivity contribution in [1.29, 1.82) is 0 Å². The van der Waals surface area contributed by atoms with Gasteiger partial charge in [-0.15, -0.1) is 0 Å². The molecule has 0 aliphatic heterocycles. The van der Waals surface area contributed by atoms with Crippen molar-refractivity contribution in [1.82, 2.24) is 4.98 Å². The third-order valence-electron chi connectivity index (χ3n) is 2.46. The van der Waals surface area contributed by atoms with Crippen LogP contribution in [-0.4, -0.2) is 16.7 Å². The zero-order valence-electron chi connectivity index (χ0n) is 10.2. The van der Waals surface area contributed by atoms with Gasteiger partial charge in [-0.25, -0.2) is 4.79 Å². The molecule has 0 radical (unpaired) electrons. The third-order valence-corrected chi connectivity index (χ3v) is 3.15. The van der Waals surface area contributed by atoms with E-state index in [1.54, 1.807) is 49.6 Å². The quantitative estimate of drug-likeness (QED) is 0.495. The Morgan fingerprint density at radius 3 is 2.58 bits per heavy atom. The van der Waals surface area contributed by atoms with Crippen molar-refractivity contribution in [2.45, 2.75) is 6.92 Å². The molecule has 0 saturated carbocycles. The third kappa shape index (κ3) is 3.48. The number of benzene rings is 1. The van der Waals surface area contributed by atoms with Crippen LogP contribution in [0.5, 0.6) is 0 Å². The summed E-state index contributed by atoms with van der Waals surface area (Å²) in [5, 5.41) is 3.83. The second-order valence-corrected chi connectivity index (χ2v) is 4.63. The summed E-state index contributed by atoms with van der Waals surface area (Å²) in [4.78, 5) is 20.7. The summed E-state index contributed by atoms with van der Waals surface area (Å²) in [7, 11) is 0. The molecule has 2 aromatic rings. The Kier molecular flexibility index (Phi) is 4.41. The maximum Gasteiger partial charge on any atom is 0.366 e. The van der Waals surface area contributed by atoms with Crippen molar-refractivity contribution in [2.75, 3.05) is 0 Å². The number of rotatable bonds is 3. The van der Waals surface area contributed by atoms with E-state index in [1.807, 2.05) is 6.07 Å². The summed E-state index contributed by atoms with van der Waals surface area (Å²) < 4.78 is 0.678. The van der Waals surface area contributed by atoms with E-state index >= 15 is 0 Å². The Labute approximate surface area is 119 Å². The van der Waals surface area contributed by atoms with Gasteiger partial charge in [0.15, 0.2) is 0 Å². The van der Waals surface area contributed by atoms with Crippen molar-refractivity contribution in [3.05, 3.63) is 64.4 Å². The van der Waals surface area contributed by atoms with Crippen molar-refractivity contribution in [2.24, 2.45) is 5.16 Å². The van der Waals surface area contributed by atoms with E-state index in [4.69, 9.17) is 4.84 Å². The Bertz CT molecular complexity index is 612. The SMILES string of the molecule is C/C(=N\OC(=O)c1ccccc1Br)c1ccncc1. The molecule has 0 N–H and O–H groups in total. The lowest BCUT2D eigenvalue weighted by Crippen LogP contribution is -2.04. The van der Waals surface area contributed by atoms with Gasteiger partial charge in [-0.2, -0.15) is 0 Å². The Morgan fingerprint density at radius 2 is 1.89 bits per heavy atom. The number of carbonyl (C=O) groups excluding carboxylic acids is 1. The van der Waals surface area contributed by atoms with Gasteiger partial charge in [0, 0.05) is 22.4 Å². The number of halogens is 1. The number of pyridine rings is 1. The highest BCUT2D eigenvalue weighted by molar-refractivity contribution is 9.10. The maximum absolute atomic E-state index is 11.8. The Morgan fingerprint density at radius 1 is 1.21 bits per heavy atom. The van der Waals surface area contributed by atoms with Crippen LogP contribution in [0.25, 0.3) is 0 Å². The van der Waals surface area contributed by atoms with Gasteiger partial charge >= 0.3 is 5.97 Å². The average Bonchev–Trinajstić information content (AvgIpc) is 2.46. The molecule has 0 unspecified atom stereocenters. The van der Waals surface area contributed by atoms with Crippen LogP contribution in [0.2, 0.25) is 0 Å². The van der Waals surface area contributed by atoms with E-state index in [9.17, 15) is 4.79 Å². The first kappa shape index (κ1) is 13.4. The number of oxime groups is 1. The zero-order valence-corrected chi connectivity index (χ0v) is 11.8. The molecule has 0 spiro atoms. The van der Waals surface area contributed by atoms with Crippen molar-refractivity contribution in [3.8, 4) is 0 Å². The second-order valence-electron chi connectivity index (χ2n) is 3.77. The largest absolute Gasteiger partial charge is 0.366 e. The predicted molar refractivity (Wildman–Crippen MR) is 76.0 cm³/mol. The van der Waals surface area contributed by atoms with Crippen LogP contribution in [0.15, 0.2) is 58.4 Å². The molecule has 1 aromatic heterocycles. The van der Waals surface area contributed by atoms with Crippen molar-refractivity contribution < 1.29 is 9.63 Å². The minimum absolute atomic E-state index is 0.439. The molecule has 96 valence electrons. The zero-order chi connectivity index (χ0) is 13.7. The van der Waals surface area contributed by atoms with Gasteiger partial charge in [0.05, 0.1) is 11.3 Å². The van der Waals surface area contributed by atoms with Gasteiger partial charge < -0.3 is 4.84 Å². The number of hydrogen-bond donors (Lipinski definition) is 0. The molecule has 0 aliphatic rings. The van der Waals surface area contributed by atoms with E-state index in [0.717, 1.165) is 5.56 Å². The molecule has 1 aromatic carbocycles. The number of nitrogens with zero attached hydrogens (tertiary/aromatic N) is 2. The summed E-state index contributed by atoms with van der Waals surface area (Å²) in [6, 6.07) is 10.6. The highest BCUT2D eigenvalue weighted by Gasteiger charge is 2.10. The van der Waals surface area contributed by atoms with Gasteiger partial charge in [-0.3, -0.25) is 4.98 Å². The molecular formula is C14H11BrN2O2. The van der Waals surface area contributed by atoms with Crippen LogP contribution in [0.3, 0.4) is 0 Å². The fourth-order valence-corrected chi connectivity index (χ4v) is 1.88. The molecule has 5 heteroatoms. The molecule has 0 bridgehead atoms. The van der Waals surface area contributed by atoms with E-state index in [0.29, 0.717) is 15.7 Å². The topological polar surface area (TPSA) is 51.5 Å². The lowest BCUT2D eigenvalue weighted by molar-refractivity contribution is 0.0515. The van der Waals surface area contributed by atoms with Crippen molar-refractivity contribution >= 4 is 27.6 Å². The lowest BCUT2D eigenvalue weighted by atomic mass is 10.2. The molecule has 0 amide bonds. The minimum atomic E-state index is -0.499. The van der Waals surface area contributed by atoms with Crippen LogP contribution in [0.1, 0.15) is 22.8 Å². The Hall–Kier alpha value is -2.01. The first-order valence-electron chi connectivity index (χ1n) is 5.59. The fraction of sp³-hybridized carbons (Fsp3) is 0.0714. The first-order valence-corrected chi connectivity index (χ1v) is 6.38. The predicted octanol–water partition coefficient (Wildman–Crippen LogP) is 3.43. The summed E-state index contributed by atoms with van der Waals surface area (Å²) >= 11 is 3.29. The number of hydrogen-bond acceptors (Lipinski definition) is 4. The summed E-state index contributed by atoms with van der Waals surface area (Å²) in [5.74, 6) is -0.499. The van der Waals surface area contributed by atoms with Crippen LogP contribution < -0.4 is 0 Å². The van der Waals surface area contributed by atoms with Crippen molar-refractivity contribution in [3.63, 3.8) is 0 Å². The van der Waals surface area contributed by atoms with E-state index in [1.165, 1.54) is 0 Å². The fourth-order valence-electron chi connectivity index (χ4n) is 1.43. The van der Waals surface area contributed by atoms with Gasteiger partial charge in [0.1, 0.15) is 0 Å². The number of aromatic nitrogens is 1. The van der Waals surface area contributed by atoms with Gasteiger partial charge in [0.2, 0.25) is 0 Å². The second kappa shape index (κ2) is 6.24. The standard InChI is InChI=1S/C14H11BrN2O2/c1-10(11-6-8-16-9-7-11)17-19-14(18)12-4-2-3-5-13(12)15/h2-9H,1H3/b17-10+. The Balaban J connectivity index is 2.11. The van der Waals surface area contributed by atoms with E-state index in [2.05, 4.69) is 26.1 Å². The molecule has 0 atom stereocenters. The molecule has 2 rings (SSSR count). The smallest absolute Gasteiger partial charge is 0.312 e. The molecule has 0 aliphatic carbocycles. The number of carbonyl (C=O) groups is 1. The maximum atomic E-state index is 11.8. The molecule has 19 heavy (non-hydrogen) atoms. The molecule has 1 heterocycles. The summed E-state index contributed by atoms with van der Waals surface area (Å²) in [6.07, 6.45) is 3.31. The van der Waals surface area contributed by atoms with Crippen LogP contribution >= 0.6 is 15.9 Å². The lowest BCUT2D eigenvalue weighted by Gasteiger charge is -2.02. The van der Waals surface area contributed by atoms with Gasteiger partial charge in [0.25, 0.3) is 0 Å². The normalized spacial score (nSPS) is 11.2. The van der Waals surface area contributed by atoms with Crippen LogP contribution in [0.4, 0.5) is 0 Å². The molecule has 0 fully saturated rings. The summed E-state index contributed by atoms with van der Waals surface area (Å²) in [6.45, 7) is 1.77. The highest BCUT2D eigenvalue weighted by atomic mass is 79.9. The average molecular weight is 319 g/mol. The monoisotopic (exact) mass is 318 g/mol. The minimum Gasteiger partial charge on any atom is -0.312 e. The molecule has 4 nitrogen and oxygen atoms in total. The van der Waals surface area contributed by atoms with Gasteiger partial charge in [-0.05, 0) is 47.1 Å². The summed E-state index contributed by atoms with van der Waals surface area (Å²) in [5.41, 5.74) is 1.91. The molecular weight excluding hydrogens is 308 g/mol. The molecule has 0 saturated heterocycles. The van der Waals surface area contributed by atoms with Crippen LogP contribution in [0, 0.1) is 0 Å². The van der Waals surface area contributed by atoms with E-state index in [-0.39, 0.29) is 0 Å². The van der Waals surface area contributed by atoms with E-state index < -0.39 is 5.97 Å². The van der Waals surface area contributed by atoms with Gasteiger partial charge in [-0.1, -0.05) is 17.3 Å². The van der Waals surface area contributed by atoms with Crippen LogP contribution in [-0.2, 0) is 4.84 Å². The highest BCUT2D eigenvalue weighted by Crippen LogP contribution is 2.16.